The summed E-state index contributed by atoms with van der Waals surface area (Å²) in [5.41, 5.74) is 33.6. The Bertz CT molecular complexity index is 7250. The lowest BCUT2D eigenvalue weighted by atomic mass is 9.33. The van der Waals surface area contributed by atoms with Crippen LogP contribution >= 0.6 is 0 Å². The van der Waals surface area contributed by atoms with Crippen LogP contribution in [0, 0.1) is 0 Å². The highest BCUT2D eigenvalue weighted by molar-refractivity contribution is 7.00. The first kappa shape index (κ1) is 64.4. The maximum Gasteiger partial charge on any atom is 0.252 e. The fourth-order valence-electron chi connectivity index (χ4n) is 20.4. The van der Waals surface area contributed by atoms with E-state index in [-0.39, 0.29) is 6.71 Å². The van der Waals surface area contributed by atoms with Gasteiger partial charge in [0, 0.05) is 88.7 Å². The minimum absolute atomic E-state index is 0.336. The third-order valence-electron chi connectivity index (χ3n) is 25.2. The zero-order valence-corrected chi connectivity index (χ0v) is 63.1. The second-order valence-electron chi connectivity index (χ2n) is 31.3. The molecule has 23 aromatic rings. The van der Waals surface area contributed by atoms with E-state index in [1.54, 1.807) is 0 Å². The second kappa shape index (κ2) is 25.1. The fraction of sp³-hybridized carbons (Fsp3) is 0. The third kappa shape index (κ3) is 9.41. The number of aromatic nitrogens is 3. The predicted molar refractivity (Wildman–Crippen MR) is 491 cm³/mol. The Hall–Kier alpha value is -15.2. The molecule has 0 atom stereocenters. The van der Waals surface area contributed by atoms with Crippen molar-refractivity contribution in [2.45, 2.75) is 0 Å². The van der Waals surface area contributed by atoms with Crippen molar-refractivity contribution in [1.82, 2.24) is 13.7 Å². The van der Waals surface area contributed by atoms with Gasteiger partial charge in [0.15, 0.2) is 0 Å². The molecule has 5 heterocycles. The standard InChI is InChI=1S/C110H68BN5/c1-7-29-69(30-8-1)77-61-88(71-33-11-3-12-34-71)109(89(62-77)72-35-13-4-14-36-72)115-100-65-79(112-94-49-23-19-43-82(94)83-44-20-24-50-95(83)112)55-57-92(100)111-93-58-56-80(113-96-51-25-21-45-84(96)85-46-22-26-52-97(85)113)66-101(93)116(110-90(73-37-15-5-16-38-73)63-78(70-31-9-2-10-32-70)64-91(110)74-39-17-6-18-40-74)103-68-81(67-102(115)108(103)111)114-98-59-53-75-41-27-47-86-87-48-28-42-76-54-60-99(114)107(105(76)87)106(98)104(75)86/h1-68H. The molecule has 5 nitrogen and oxygen atoms in total. The summed E-state index contributed by atoms with van der Waals surface area (Å²) in [6, 6.07) is 156. The summed E-state index contributed by atoms with van der Waals surface area (Å²) in [6.07, 6.45) is 0. The Kier molecular flexibility index (Phi) is 14.0. The monoisotopic (exact) mass is 1470 g/mol. The van der Waals surface area contributed by atoms with Crippen molar-refractivity contribution in [2.24, 2.45) is 0 Å². The number of fused-ring (bicyclic) bond motifs is 11. The Morgan fingerprint density at radius 3 is 0.819 bits per heavy atom. The first-order valence-electron chi connectivity index (χ1n) is 40.2. The number of nitrogens with zero attached hydrogens (tertiary/aromatic N) is 5. The van der Waals surface area contributed by atoms with Crippen molar-refractivity contribution in [3.05, 3.63) is 413 Å². The summed E-state index contributed by atoms with van der Waals surface area (Å²) in [5, 5.41) is 15.0. The summed E-state index contributed by atoms with van der Waals surface area (Å²) in [6.45, 7) is -0.336. The van der Waals surface area contributed by atoms with Gasteiger partial charge in [-0.2, -0.15) is 0 Å². The topological polar surface area (TPSA) is 21.3 Å². The summed E-state index contributed by atoms with van der Waals surface area (Å²) in [4.78, 5) is 5.48. The highest BCUT2D eigenvalue weighted by Gasteiger charge is 2.47. The van der Waals surface area contributed by atoms with Gasteiger partial charge in [-0.25, -0.2) is 0 Å². The SMILES string of the molecule is c1ccc(-c2cc(-c3ccccc3)c(N3c4cc(-n5c6ccccc6c6ccccc65)ccc4B4c5ccc(-n6c7ccccc7c7ccccc76)cc5N(c5c(-c6ccccc6)cc(-c6ccccc6)cc5-c5ccccc5)c5cc(-n6c7ccc8cccc9c%10cccc%11ccc6c(c%11%10)c7c89)cc3c54)c(-c3ccccc3)c2)cc1. The number of benzene rings is 20. The third-order valence-corrected chi connectivity index (χ3v) is 25.2. The molecule has 0 saturated carbocycles. The lowest BCUT2D eigenvalue weighted by Gasteiger charge is -2.46. The fourth-order valence-corrected chi connectivity index (χ4v) is 20.4. The number of anilines is 6. The molecule has 6 heteroatoms. The van der Waals surface area contributed by atoms with Crippen molar-refractivity contribution in [1.29, 1.82) is 0 Å². The summed E-state index contributed by atoms with van der Waals surface area (Å²) < 4.78 is 7.66. The van der Waals surface area contributed by atoms with Crippen molar-refractivity contribution >= 4 is 155 Å². The number of hydrogen-bond donors (Lipinski definition) is 0. The van der Waals surface area contributed by atoms with Gasteiger partial charge in [-0.1, -0.05) is 315 Å². The molecule has 25 rings (SSSR count). The van der Waals surface area contributed by atoms with Crippen LogP contribution in [0.4, 0.5) is 34.1 Å². The van der Waals surface area contributed by atoms with Gasteiger partial charge in [0.1, 0.15) is 0 Å². The van der Waals surface area contributed by atoms with E-state index >= 15 is 0 Å². The normalized spacial score (nSPS) is 12.6. The Morgan fingerprint density at radius 1 is 0.181 bits per heavy atom. The maximum atomic E-state index is 2.74. The molecule has 0 unspecified atom stereocenters. The molecule has 0 amide bonds. The smallest absolute Gasteiger partial charge is 0.252 e. The predicted octanol–water partition coefficient (Wildman–Crippen LogP) is 27.4. The molecule has 2 aliphatic heterocycles. The van der Waals surface area contributed by atoms with E-state index in [0.717, 1.165) is 151 Å². The molecule has 0 saturated heterocycles. The van der Waals surface area contributed by atoms with Crippen LogP contribution in [0.2, 0.25) is 0 Å². The molecule has 536 valence electrons. The van der Waals surface area contributed by atoms with Gasteiger partial charge in [-0.3, -0.25) is 0 Å². The molecule has 0 N–H and O–H groups in total. The molecule has 0 bridgehead atoms. The van der Waals surface area contributed by atoms with E-state index in [1.165, 1.54) is 81.0 Å². The van der Waals surface area contributed by atoms with Gasteiger partial charge >= 0.3 is 0 Å². The molecule has 20 aromatic carbocycles. The first-order valence-corrected chi connectivity index (χ1v) is 40.2. The van der Waals surface area contributed by atoms with Crippen molar-refractivity contribution in [2.75, 3.05) is 9.80 Å². The minimum atomic E-state index is -0.336. The van der Waals surface area contributed by atoms with Crippen LogP contribution in [-0.4, -0.2) is 20.4 Å². The van der Waals surface area contributed by atoms with Crippen LogP contribution in [-0.2, 0) is 0 Å². The van der Waals surface area contributed by atoms with Gasteiger partial charge in [0.25, 0.3) is 6.71 Å². The summed E-state index contributed by atoms with van der Waals surface area (Å²) >= 11 is 0. The number of rotatable bonds is 11. The Labute approximate surface area is 670 Å². The van der Waals surface area contributed by atoms with Gasteiger partial charge in [0.05, 0.1) is 50.2 Å². The van der Waals surface area contributed by atoms with E-state index in [0.29, 0.717) is 0 Å². The molecule has 0 fully saturated rings. The van der Waals surface area contributed by atoms with E-state index < -0.39 is 0 Å². The zero-order valence-electron chi connectivity index (χ0n) is 63.1. The van der Waals surface area contributed by atoms with E-state index in [4.69, 9.17) is 0 Å². The number of hydrogen-bond acceptors (Lipinski definition) is 2. The van der Waals surface area contributed by atoms with Crippen LogP contribution in [0.5, 0.6) is 0 Å². The average molecular weight is 1470 g/mol. The Balaban J connectivity index is 0.900. The highest BCUT2D eigenvalue weighted by Crippen LogP contribution is 2.57. The molecule has 0 spiro atoms. The van der Waals surface area contributed by atoms with Gasteiger partial charge in [0.2, 0.25) is 0 Å². The summed E-state index contributed by atoms with van der Waals surface area (Å²) in [5.74, 6) is 0. The molecule has 2 aliphatic rings. The largest absolute Gasteiger partial charge is 0.310 e. The molecule has 0 radical (unpaired) electrons. The molecule has 116 heavy (non-hydrogen) atoms. The van der Waals surface area contributed by atoms with Crippen molar-refractivity contribution < 1.29 is 0 Å². The average Bonchev–Trinajstić information content (AvgIpc) is 1.34. The van der Waals surface area contributed by atoms with Crippen molar-refractivity contribution in [3.63, 3.8) is 0 Å². The molecule has 0 aliphatic carbocycles. The van der Waals surface area contributed by atoms with Crippen LogP contribution in [0.1, 0.15) is 0 Å². The lowest BCUT2D eigenvalue weighted by molar-refractivity contribution is 1.15. The van der Waals surface area contributed by atoms with E-state index in [9.17, 15) is 0 Å². The Morgan fingerprint density at radius 2 is 0.474 bits per heavy atom. The molecular weight excluding hydrogens is 1400 g/mol. The van der Waals surface area contributed by atoms with Gasteiger partial charge in [-0.05, 0) is 190 Å². The number of para-hydroxylation sites is 4. The lowest BCUT2D eigenvalue weighted by Crippen LogP contribution is -2.61. The summed E-state index contributed by atoms with van der Waals surface area (Å²) in [7, 11) is 0. The first-order chi connectivity index (χ1) is 57.6. The molecule has 3 aromatic heterocycles. The van der Waals surface area contributed by atoms with Crippen LogP contribution < -0.4 is 26.2 Å². The van der Waals surface area contributed by atoms with Crippen molar-refractivity contribution in [3.8, 4) is 83.8 Å². The van der Waals surface area contributed by atoms with Crippen LogP contribution in [0.25, 0.3) is 182 Å². The van der Waals surface area contributed by atoms with Gasteiger partial charge < -0.3 is 23.5 Å². The zero-order chi connectivity index (χ0) is 75.8. The maximum absolute atomic E-state index is 2.74. The molecular formula is C110H68BN5. The quantitative estimate of drug-likeness (QED) is 0.0731. The van der Waals surface area contributed by atoms with Crippen LogP contribution in [0.15, 0.2) is 413 Å². The van der Waals surface area contributed by atoms with Crippen LogP contribution in [0.3, 0.4) is 0 Å². The highest BCUT2D eigenvalue weighted by atomic mass is 15.2. The minimum Gasteiger partial charge on any atom is -0.310 e. The van der Waals surface area contributed by atoms with E-state index in [2.05, 4.69) is 436 Å². The van der Waals surface area contributed by atoms with E-state index in [1.807, 2.05) is 0 Å². The second-order valence-corrected chi connectivity index (χ2v) is 31.3. The van der Waals surface area contributed by atoms with Gasteiger partial charge in [-0.15, -0.1) is 0 Å².